The zero-order chi connectivity index (χ0) is 21.8. The smallest absolute Gasteiger partial charge is 0.288 e. The average molecular weight is 434 g/mol. The molecule has 2 N–H and O–H groups in total. The summed E-state index contributed by atoms with van der Waals surface area (Å²) in [6, 6.07) is 18.3. The molecule has 1 aliphatic rings. The summed E-state index contributed by atoms with van der Waals surface area (Å²) in [4.78, 5) is 50.2. The molecule has 4 rings (SSSR count). The Morgan fingerprint density at radius 3 is 2.26 bits per heavy atom. The molecule has 2 heterocycles. The Labute approximate surface area is 181 Å². The van der Waals surface area contributed by atoms with Crippen LogP contribution in [-0.4, -0.2) is 51.0 Å². The number of hydrogen-bond donors (Lipinski definition) is 2. The predicted molar refractivity (Wildman–Crippen MR) is 118 cm³/mol. The predicted octanol–water partition coefficient (Wildman–Crippen LogP) is 2.53. The number of imide groups is 1. The lowest BCUT2D eigenvalue weighted by Crippen LogP contribution is -2.39. The lowest BCUT2D eigenvalue weighted by atomic mass is 9.95. The summed E-state index contributed by atoms with van der Waals surface area (Å²) in [5, 5.41) is 8.95. The first kappa shape index (κ1) is 20.5. The molecule has 3 aromatic rings. The van der Waals surface area contributed by atoms with Crippen LogP contribution in [0.15, 0.2) is 65.5 Å². The molecule has 8 nitrogen and oxygen atoms in total. The minimum atomic E-state index is -0.625. The number of nitrogens with zero attached hydrogens (tertiary/aromatic N) is 2. The van der Waals surface area contributed by atoms with Gasteiger partial charge in [0.25, 0.3) is 16.7 Å². The lowest BCUT2D eigenvalue weighted by molar-refractivity contribution is -0.124. The molecule has 0 aliphatic carbocycles. The van der Waals surface area contributed by atoms with E-state index in [9.17, 15) is 19.2 Å². The Bertz CT molecular complexity index is 1180. The molecule has 0 radical (unpaired) electrons. The number of carbonyl (C=O) groups excluding carboxylic acids is 3. The minimum Gasteiger partial charge on any atom is -0.350 e. The quantitative estimate of drug-likeness (QED) is 0.617. The summed E-state index contributed by atoms with van der Waals surface area (Å²) in [5.74, 6) is -0.788. The van der Waals surface area contributed by atoms with Gasteiger partial charge in [-0.1, -0.05) is 72.4 Å². The van der Waals surface area contributed by atoms with Crippen molar-refractivity contribution in [2.45, 2.75) is 0 Å². The Morgan fingerprint density at radius 1 is 1.00 bits per heavy atom. The number of thioether (sulfide) groups is 1. The van der Waals surface area contributed by atoms with Crippen molar-refractivity contribution in [3.05, 3.63) is 76.6 Å². The highest BCUT2D eigenvalue weighted by atomic mass is 32.2. The first-order valence-electron chi connectivity index (χ1n) is 9.55. The van der Waals surface area contributed by atoms with E-state index < -0.39 is 11.5 Å². The van der Waals surface area contributed by atoms with Gasteiger partial charge in [-0.25, -0.2) is 5.10 Å². The maximum Gasteiger partial charge on any atom is 0.288 e. The van der Waals surface area contributed by atoms with Gasteiger partial charge in [-0.15, -0.1) is 0 Å². The summed E-state index contributed by atoms with van der Waals surface area (Å²) >= 11 is 0.932. The zero-order valence-electron chi connectivity index (χ0n) is 16.3. The Morgan fingerprint density at radius 2 is 1.65 bits per heavy atom. The van der Waals surface area contributed by atoms with Crippen molar-refractivity contribution < 1.29 is 14.4 Å². The number of nitrogens with one attached hydrogen (secondary N) is 2. The van der Waals surface area contributed by atoms with Gasteiger partial charge in [0, 0.05) is 24.2 Å². The molecule has 1 saturated heterocycles. The van der Waals surface area contributed by atoms with E-state index in [2.05, 4.69) is 15.5 Å². The van der Waals surface area contributed by atoms with Gasteiger partial charge in [0.1, 0.15) is 5.56 Å². The molecule has 0 atom stereocenters. The van der Waals surface area contributed by atoms with Gasteiger partial charge in [0.15, 0.2) is 0 Å². The monoisotopic (exact) mass is 434 g/mol. The van der Waals surface area contributed by atoms with Crippen LogP contribution in [0.5, 0.6) is 0 Å². The topological polar surface area (TPSA) is 112 Å². The van der Waals surface area contributed by atoms with Crippen molar-refractivity contribution in [2.75, 3.05) is 18.8 Å². The highest BCUT2D eigenvalue weighted by Gasteiger charge is 2.29. The number of benzene rings is 2. The van der Waals surface area contributed by atoms with E-state index in [1.54, 1.807) is 12.1 Å². The second-order valence-electron chi connectivity index (χ2n) is 6.74. The van der Waals surface area contributed by atoms with Gasteiger partial charge < -0.3 is 5.32 Å². The number of aromatic amines is 1. The summed E-state index contributed by atoms with van der Waals surface area (Å²) in [6.45, 7) is 0.0825. The molecule has 31 heavy (non-hydrogen) atoms. The summed E-state index contributed by atoms with van der Waals surface area (Å²) < 4.78 is 0. The Kier molecular flexibility index (Phi) is 5.94. The maximum atomic E-state index is 13.0. The molecular weight excluding hydrogens is 416 g/mol. The molecule has 0 unspecified atom stereocenters. The van der Waals surface area contributed by atoms with E-state index in [0.717, 1.165) is 22.2 Å². The van der Waals surface area contributed by atoms with E-state index >= 15 is 0 Å². The fourth-order valence-corrected chi connectivity index (χ4v) is 4.08. The highest BCUT2D eigenvalue weighted by Crippen LogP contribution is 2.31. The number of H-pyrrole nitrogens is 1. The van der Waals surface area contributed by atoms with Crippen LogP contribution in [0.3, 0.4) is 0 Å². The van der Waals surface area contributed by atoms with Crippen molar-refractivity contribution in [1.29, 1.82) is 0 Å². The third-order valence-electron chi connectivity index (χ3n) is 4.78. The first-order chi connectivity index (χ1) is 15.1. The third kappa shape index (κ3) is 4.26. The molecule has 1 fully saturated rings. The lowest BCUT2D eigenvalue weighted by Gasteiger charge is -2.15. The van der Waals surface area contributed by atoms with E-state index in [0.29, 0.717) is 16.8 Å². The molecule has 2 aromatic carbocycles. The number of hydrogen-bond acceptors (Lipinski definition) is 6. The van der Waals surface area contributed by atoms with Gasteiger partial charge in [-0.2, -0.15) is 5.10 Å². The minimum absolute atomic E-state index is 0.0353. The van der Waals surface area contributed by atoms with Gasteiger partial charge in [0.05, 0.1) is 11.4 Å². The maximum absolute atomic E-state index is 13.0. The number of rotatable bonds is 6. The second-order valence-corrected chi connectivity index (χ2v) is 7.67. The van der Waals surface area contributed by atoms with Crippen LogP contribution in [0.1, 0.15) is 10.4 Å². The third-order valence-corrected chi connectivity index (χ3v) is 5.64. The van der Waals surface area contributed by atoms with Crippen LogP contribution in [0.2, 0.25) is 0 Å². The second kappa shape index (κ2) is 8.97. The average Bonchev–Trinajstić information content (AvgIpc) is 3.12. The van der Waals surface area contributed by atoms with Gasteiger partial charge in [-0.05, 0) is 5.56 Å². The fourth-order valence-electron chi connectivity index (χ4n) is 3.32. The molecular formula is C22H18N4O4S. The Balaban J connectivity index is 1.69. The zero-order valence-corrected chi connectivity index (χ0v) is 17.1. The van der Waals surface area contributed by atoms with Crippen molar-refractivity contribution in [3.63, 3.8) is 0 Å². The summed E-state index contributed by atoms with van der Waals surface area (Å²) in [6.07, 6.45) is 0. The number of carbonyl (C=O) groups is 3. The van der Waals surface area contributed by atoms with Crippen molar-refractivity contribution in [3.8, 4) is 22.4 Å². The summed E-state index contributed by atoms with van der Waals surface area (Å²) in [5.41, 5.74) is 1.60. The van der Waals surface area contributed by atoms with E-state index in [-0.39, 0.29) is 35.6 Å². The van der Waals surface area contributed by atoms with Crippen LogP contribution in [0.4, 0.5) is 4.79 Å². The molecule has 156 valence electrons. The molecule has 1 aliphatic heterocycles. The molecule has 0 saturated carbocycles. The van der Waals surface area contributed by atoms with Crippen LogP contribution in [-0.2, 0) is 4.79 Å². The van der Waals surface area contributed by atoms with Gasteiger partial charge in [0.2, 0.25) is 5.91 Å². The largest absolute Gasteiger partial charge is 0.350 e. The number of aromatic nitrogens is 2. The highest BCUT2D eigenvalue weighted by molar-refractivity contribution is 8.14. The standard InChI is InChI=1S/C22H18N4O4S/c27-16-13-31-22(30)26(16)12-11-23-20(28)18-17(14-7-3-1-4-8-14)19(24-25-21(18)29)15-9-5-2-6-10-15/h1-10H,11-13H2,(H,23,28)(H,25,29). The molecule has 0 bridgehead atoms. The van der Waals surface area contributed by atoms with Crippen molar-refractivity contribution in [2.24, 2.45) is 0 Å². The normalized spacial score (nSPS) is 13.5. The van der Waals surface area contributed by atoms with Crippen LogP contribution in [0, 0.1) is 0 Å². The van der Waals surface area contributed by atoms with Gasteiger partial charge in [-0.3, -0.25) is 24.1 Å². The molecule has 3 amide bonds. The molecule has 1 aromatic heterocycles. The molecule has 0 spiro atoms. The fraction of sp³-hybridized carbons (Fsp3) is 0.136. The van der Waals surface area contributed by atoms with E-state index in [4.69, 9.17) is 0 Å². The molecule has 9 heteroatoms. The van der Waals surface area contributed by atoms with Crippen molar-refractivity contribution >= 4 is 28.8 Å². The van der Waals surface area contributed by atoms with Crippen molar-refractivity contribution in [1.82, 2.24) is 20.4 Å². The summed E-state index contributed by atoms with van der Waals surface area (Å²) in [7, 11) is 0. The van der Waals surface area contributed by atoms with Crippen LogP contribution in [0.25, 0.3) is 22.4 Å². The number of amides is 3. The Hall–Kier alpha value is -3.72. The van der Waals surface area contributed by atoms with Crippen LogP contribution < -0.4 is 10.9 Å². The van der Waals surface area contributed by atoms with Crippen LogP contribution >= 0.6 is 11.8 Å². The van der Waals surface area contributed by atoms with E-state index in [1.807, 2.05) is 48.5 Å². The SMILES string of the molecule is O=C(NCCN1C(=O)CSC1=O)c1c(-c2ccccc2)c(-c2ccccc2)n[nH]c1=O. The van der Waals surface area contributed by atoms with E-state index in [1.165, 1.54) is 0 Å². The van der Waals surface area contributed by atoms with Gasteiger partial charge >= 0.3 is 0 Å². The first-order valence-corrected chi connectivity index (χ1v) is 10.5.